The molecule has 1 aromatic carbocycles. The van der Waals surface area contributed by atoms with Crippen molar-refractivity contribution < 1.29 is 13.2 Å². The Labute approximate surface area is 121 Å². The molecule has 0 aliphatic carbocycles. The Morgan fingerprint density at radius 3 is 2.86 bits per heavy atom. The van der Waals surface area contributed by atoms with Gasteiger partial charge < -0.3 is 5.73 Å². The Balaban J connectivity index is 2.47. The number of rotatable bonds is 5. The van der Waals surface area contributed by atoms with Crippen molar-refractivity contribution in [3.63, 3.8) is 0 Å². The average Bonchev–Trinajstić information content (AvgIpc) is 2.46. The zero-order valence-corrected chi connectivity index (χ0v) is 12.0. The second-order valence-electron chi connectivity index (χ2n) is 4.72. The van der Waals surface area contributed by atoms with Crippen LogP contribution in [0.3, 0.4) is 0 Å². The van der Waals surface area contributed by atoms with Gasteiger partial charge in [0.15, 0.2) is 9.84 Å². The molecule has 1 aliphatic rings. The molecule has 1 heterocycles. The topological polar surface area (TPSA) is 138 Å². The summed E-state index contributed by atoms with van der Waals surface area (Å²) in [4.78, 5) is 14.7. The van der Waals surface area contributed by atoms with Crippen LogP contribution in [0, 0.1) is 0 Å². The van der Waals surface area contributed by atoms with E-state index in [1.165, 1.54) is 6.07 Å². The van der Waals surface area contributed by atoms with Crippen LogP contribution in [0.4, 0.5) is 0 Å². The molecular weight excluding hydrogens is 294 g/mol. The number of azide groups is 1. The number of benzene rings is 1. The molecule has 1 aromatic rings. The summed E-state index contributed by atoms with van der Waals surface area (Å²) in [7, 11) is -3.41. The molecule has 2 rings (SSSR count). The lowest BCUT2D eigenvalue weighted by atomic mass is 9.85. The number of carbonyl (C=O) groups is 1. The van der Waals surface area contributed by atoms with Gasteiger partial charge in [-0.2, -0.15) is 0 Å². The Hall–Kier alpha value is -2.09. The SMILES string of the molecule is [N-]=[N+]=NCCNC1(C(N)=O)CCS(=O)(=O)c2ccccc21. The maximum Gasteiger partial charge on any atom is 0.242 e. The largest absolute Gasteiger partial charge is 0.368 e. The van der Waals surface area contributed by atoms with Crippen LogP contribution >= 0.6 is 0 Å². The van der Waals surface area contributed by atoms with E-state index >= 15 is 0 Å². The Morgan fingerprint density at radius 2 is 2.19 bits per heavy atom. The Bertz CT molecular complexity index is 711. The molecule has 9 heteroatoms. The zero-order chi connectivity index (χ0) is 15.5. The average molecular weight is 309 g/mol. The number of nitrogens with two attached hydrogens (primary N) is 1. The van der Waals surface area contributed by atoms with Crippen molar-refractivity contribution >= 4 is 15.7 Å². The third-order valence-corrected chi connectivity index (χ3v) is 5.32. The Kier molecular flexibility index (Phi) is 4.17. The lowest BCUT2D eigenvalue weighted by Crippen LogP contribution is -2.56. The summed E-state index contributed by atoms with van der Waals surface area (Å²) in [6.45, 7) is 0.363. The first-order chi connectivity index (χ1) is 9.94. The molecule has 1 aliphatic heterocycles. The van der Waals surface area contributed by atoms with Gasteiger partial charge in [-0.25, -0.2) is 8.42 Å². The van der Waals surface area contributed by atoms with Gasteiger partial charge in [0.05, 0.1) is 10.6 Å². The van der Waals surface area contributed by atoms with Crippen molar-refractivity contribution in [2.75, 3.05) is 18.8 Å². The van der Waals surface area contributed by atoms with E-state index in [9.17, 15) is 13.2 Å². The van der Waals surface area contributed by atoms with Crippen LogP contribution in [0.25, 0.3) is 10.4 Å². The summed E-state index contributed by atoms with van der Waals surface area (Å²) >= 11 is 0. The van der Waals surface area contributed by atoms with Gasteiger partial charge in [-0.05, 0) is 18.0 Å². The molecule has 1 unspecified atom stereocenters. The minimum atomic E-state index is -3.41. The third-order valence-electron chi connectivity index (χ3n) is 3.55. The summed E-state index contributed by atoms with van der Waals surface area (Å²) in [6, 6.07) is 6.31. The van der Waals surface area contributed by atoms with E-state index in [4.69, 9.17) is 11.3 Å². The number of hydrogen-bond donors (Lipinski definition) is 2. The molecule has 0 saturated heterocycles. The number of fused-ring (bicyclic) bond motifs is 1. The molecule has 8 nitrogen and oxygen atoms in total. The first-order valence-corrected chi connectivity index (χ1v) is 7.97. The fourth-order valence-corrected chi connectivity index (χ4v) is 4.17. The van der Waals surface area contributed by atoms with E-state index in [2.05, 4.69) is 15.3 Å². The number of primary amides is 1. The van der Waals surface area contributed by atoms with Crippen molar-refractivity contribution in [2.45, 2.75) is 16.9 Å². The minimum Gasteiger partial charge on any atom is -0.368 e. The lowest BCUT2D eigenvalue weighted by Gasteiger charge is -2.36. The second-order valence-corrected chi connectivity index (χ2v) is 6.79. The number of sulfone groups is 1. The van der Waals surface area contributed by atoms with Crippen LogP contribution < -0.4 is 11.1 Å². The van der Waals surface area contributed by atoms with Gasteiger partial charge in [0.25, 0.3) is 0 Å². The molecule has 0 saturated carbocycles. The molecule has 0 radical (unpaired) electrons. The van der Waals surface area contributed by atoms with Gasteiger partial charge in [-0.1, -0.05) is 23.3 Å². The molecule has 3 N–H and O–H groups in total. The number of nitrogens with zero attached hydrogens (tertiary/aromatic N) is 3. The summed E-state index contributed by atoms with van der Waals surface area (Å²) < 4.78 is 24.2. The van der Waals surface area contributed by atoms with Crippen LogP contribution in [0.5, 0.6) is 0 Å². The monoisotopic (exact) mass is 309 g/mol. The number of carbonyl (C=O) groups excluding carboxylic acids is 1. The minimum absolute atomic E-state index is 0.0535. The van der Waals surface area contributed by atoms with E-state index in [0.29, 0.717) is 5.56 Å². The van der Waals surface area contributed by atoms with Crippen molar-refractivity contribution in [1.29, 1.82) is 0 Å². The highest BCUT2D eigenvalue weighted by Crippen LogP contribution is 2.36. The second kappa shape index (κ2) is 5.72. The first-order valence-electron chi connectivity index (χ1n) is 6.32. The summed E-state index contributed by atoms with van der Waals surface area (Å²) in [5.41, 5.74) is 12.9. The van der Waals surface area contributed by atoms with E-state index in [1.54, 1.807) is 18.2 Å². The quantitative estimate of drug-likeness (QED) is 0.353. The predicted molar refractivity (Wildman–Crippen MR) is 76.0 cm³/mol. The maximum absolute atomic E-state index is 12.1. The molecule has 0 bridgehead atoms. The van der Waals surface area contributed by atoms with Crippen molar-refractivity contribution in [3.8, 4) is 0 Å². The van der Waals surface area contributed by atoms with Crippen LogP contribution in [0.2, 0.25) is 0 Å². The first kappa shape index (κ1) is 15.3. The zero-order valence-electron chi connectivity index (χ0n) is 11.2. The molecule has 21 heavy (non-hydrogen) atoms. The van der Waals surface area contributed by atoms with Crippen LogP contribution in [0.1, 0.15) is 12.0 Å². The van der Waals surface area contributed by atoms with E-state index in [1.807, 2.05) is 0 Å². The highest BCUT2D eigenvalue weighted by atomic mass is 32.2. The van der Waals surface area contributed by atoms with Crippen LogP contribution in [-0.2, 0) is 20.2 Å². The van der Waals surface area contributed by atoms with Crippen molar-refractivity contribution in [2.24, 2.45) is 10.8 Å². The fourth-order valence-electron chi connectivity index (χ4n) is 2.51. The van der Waals surface area contributed by atoms with E-state index in [-0.39, 0.29) is 30.2 Å². The molecular formula is C12H15N5O3S. The van der Waals surface area contributed by atoms with Gasteiger partial charge in [-0.3, -0.25) is 10.1 Å². The Morgan fingerprint density at radius 1 is 1.48 bits per heavy atom. The van der Waals surface area contributed by atoms with Gasteiger partial charge >= 0.3 is 0 Å². The van der Waals surface area contributed by atoms with Crippen molar-refractivity contribution in [3.05, 3.63) is 40.3 Å². The molecule has 1 atom stereocenters. The highest BCUT2D eigenvalue weighted by molar-refractivity contribution is 7.91. The van der Waals surface area contributed by atoms with Crippen molar-refractivity contribution in [1.82, 2.24) is 5.32 Å². The summed E-state index contributed by atoms with van der Waals surface area (Å²) in [6.07, 6.45) is 0.0535. The lowest BCUT2D eigenvalue weighted by molar-refractivity contribution is -0.125. The van der Waals surface area contributed by atoms with E-state index < -0.39 is 21.3 Å². The van der Waals surface area contributed by atoms with E-state index in [0.717, 1.165) is 0 Å². The summed E-state index contributed by atoms with van der Waals surface area (Å²) in [5, 5.41) is 6.34. The van der Waals surface area contributed by atoms with Gasteiger partial charge in [0.1, 0.15) is 5.54 Å². The fraction of sp³-hybridized carbons (Fsp3) is 0.417. The number of amides is 1. The number of hydrogen-bond acceptors (Lipinski definition) is 5. The maximum atomic E-state index is 12.1. The standard InChI is InChI=1S/C12H15N5O3S/c13-11(18)12(15-6-7-16-17-14)5-8-21(19,20)10-4-2-1-3-9(10)12/h1-4,15H,5-8H2,(H2,13,18). The van der Waals surface area contributed by atoms with Crippen LogP contribution in [-0.4, -0.2) is 33.2 Å². The molecule has 0 spiro atoms. The normalized spacial score (nSPS) is 22.9. The number of nitrogens with one attached hydrogen (secondary N) is 1. The molecule has 112 valence electrons. The smallest absolute Gasteiger partial charge is 0.242 e. The molecule has 0 aromatic heterocycles. The van der Waals surface area contributed by atoms with Crippen LogP contribution in [0.15, 0.2) is 34.3 Å². The molecule has 0 fully saturated rings. The van der Waals surface area contributed by atoms with Gasteiger partial charge in [0, 0.05) is 23.6 Å². The predicted octanol–water partition coefficient (Wildman–Crippen LogP) is 0.444. The molecule has 1 amide bonds. The summed E-state index contributed by atoms with van der Waals surface area (Å²) in [5.74, 6) is -0.813. The third kappa shape index (κ3) is 2.71. The van der Waals surface area contributed by atoms with Gasteiger partial charge in [0.2, 0.25) is 5.91 Å². The van der Waals surface area contributed by atoms with Gasteiger partial charge in [-0.15, -0.1) is 0 Å². The highest BCUT2D eigenvalue weighted by Gasteiger charge is 2.45.